The fraction of sp³-hybridized carbons (Fsp3) is 0.178. The van der Waals surface area contributed by atoms with Crippen molar-refractivity contribution in [2.75, 3.05) is 20.8 Å². The van der Waals surface area contributed by atoms with Crippen LogP contribution in [0.3, 0.4) is 0 Å². The SMILES string of the molecule is CCC[CH2][Sn]([CH2]CCC)([CH2]CCC)[c]1nccs1.COC(=O)c1cnc2c3c(-c4nccs4)cc(C(=O)Oc4c(Cl)cc(Cl)cc4Cl)c4c(C)cnc(c5c(-c6nccs6)cc(C(=O)Oc6c(Cl)cc(Cl)cc6Cl)c1c25)c43.COC(=O)c1cnc2c3c(Br)cc(C(=O)Oc4c(Cl)cc(Cl)cc4Cl)c4c(C)cnc(c5c(Br)cc(C(=O)Oc6c(Cl)cc(Cl)cc6Cl)c1c25)c43.NCCc1ccccc1.O=C=O.O=C=O. The zero-order valence-electron chi connectivity index (χ0n) is 75.6. The van der Waals surface area contributed by atoms with Gasteiger partial charge >= 0.3 is 170 Å². The third-order valence-electron chi connectivity index (χ3n) is 22.7. The molecule has 732 valence electrons. The van der Waals surface area contributed by atoms with Crippen LogP contribution in [0.5, 0.6) is 23.0 Å². The van der Waals surface area contributed by atoms with Crippen molar-refractivity contribution in [3.8, 4) is 44.1 Å². The molecule has 18 rings (SSSR count). The van der Waals surface area contributed by atoms with E-state index in [2.05, 4.69) is 80.1 Å². The Morgan fingerprint density at radius 1 is 0.364 bits per heavy atom. The van der Waals surface area contributed by atoms with E-state index in [-0.39, 0.29) is 140 Å². The van der Waals surface area contributed by atoms with Gasteiger partial charge in [0, 0.05) is 153 Å². The van der Waals surface area contributed by atoms with Crippen molar-refractivity contribution in [1.82, 2.24) is 34.9 Å². The van der Waals surface area contributed by atoms with E-state index in [1.807, 2.05) is 42.7 Å². The van der Waals surface area contributed by atoms with Gasteiger partial charge in [-0.3, -0.25) is 19.9 Å². The maximum absolute atomic E-state index is 14.5. The minimum atomic E-state index is -2.12. The first-order valence-corrected chi connectivity index (χ1v) is 59.2. The van der Waals surface area contributed by atoms with Gasteiger partial charge in [0.05, 0.1) is 110 Å². The van der Waals surface area contributed by atoms with Crippen LogP contribution >= 0.6 is 205 Å². The third-order valence-corrected chi connectivity index (χ3v) is 47.4. The molecule has 0 amide bonds. The van der Waals surface area contributed by atoms with Crippen molar-refractivity contribution in [2.24, 2.45) is 5.73 Å². The number of rotatable bonds is 24. The van der Waals surface area contributed by atoms with Crippen LogP contribution in [0.15, 0.2) is 172 Å². The summed E-state index contributed by atoms with van der Waals surface area (Å²) in [6.45, 7) is 11.3. The van der Waals surface area contributed by atoms with E-state index in [0.717, 1.165) is 13.0 Å². The van der Waals surface area contributed by atoms with Gasteiger partial charge < -0.3 is 34.2 Å². The quantitative estimate of drug-likeness (QED) is 0.0193. The largest absolute Gasteiger partial charge is 0.465 e. The fourth-order valence-corrected chi connectivity index (χ4v) is 42.0. The number of hydrogen-bond donors (Lipinski definition) is 1. The summed E-state index contributed by atoms with van der Waals surface area (Å²) in [5, 5.41) is 13.0. The van der Waals surface area contributed by atoms with Crippen molar-refractivity contribution in [1.29, 1.82) is 0 Å². The minimum Gasteiger partial charge on any atom is -0.465 e. The number of pyridine rings is 4. The molecule has 0 bridgehead atoms. The minimum absolute atomic E-state index is 0.00320. The van der Waals surface area contributed by atoms with Gasteiger partial charge in [0.2, 0.25) is 0 Å². The van der Waals surface area contributed by atoms with Crippen LogP contribution in [0.1, 0.15) is 138 Å². The van der Waals surface area contributed by atoms with E-state index >= 15 is 0 Å². The molecular formula is C101H72Br2Cl12N8O16S3Sn. The fourth-order valence-electron chi connectivity index (χ4n) is 16.7. The number of aryl methyl sites for hydroxylation is 2. The zero-order chi connectivity index (χ0) is 103. The van der Waals surface area contributed by atoms with Gasteiger partial charge in [-0.2, -0.15) is 19.2 Å². The summed E-state index contributed by atoms with van der Waals surface area (Å²) >= 11 is 85.3. The molecule has 11 aromatic carbocycles. The van der Waals surface area contributed by atoms with E-state index in [4.69, 9.17) is 217 Å². The first kappa shape index (κ1) is 111. The molecule has 7 aromatic heterocycles. The summed E-state index contributed by atoms with van der Waals surface area (Å²) in [7, 11) is 2.43. The standard InChI is InChI=1S/C41H18Cl6N4O6S2.C35H14Br2Cl6N2O6.C8H11N.3C4H9.C3H2NS.2CO2.Sn/c1-15-13-50-33-30-19(38-49-4-6-59-38)12-21(41(54)57-36-25(46)9-17(43)10-26(36)47)28-22(39(52)55-2)14-51-34(32(28)30)29-18(37-48-3-5-58-37)11-20(27(15)31(29)33)40(53)56-35-23(44)7-16(42)8-24(35)45;1-11-9-44-29-26-18(37)8-15(35(48)51-32-21(42)5-13(39)6-22(32)43)24-16(33(46)49-2)10-45-30(28(24)26)25-17(36)7-14(23(11)27(25)29)34(47)50-31-19(40)3-12(38)4-20(31)41;9-7-6-8-4-2-1-3-5-8;3*1-3-4-2;1-2-5-3-4-1;2*2-1-3;/h3-14H,1-2H3;3-10H,1-2H3;1-5H,6-7,9H2;3*1,3-4H2,2H3;1-2H;;;. The Morgan fingerprint density at radius 2 is 0.657 bits per heavy atom. The van der Waals surface area contributed by atoms with Gasteiger partial charge in [0.1, 0.15) is 10.0 Å². The first-order chi connectivity index (χ1) is 68.6. The molecule has 42 heteroatoms. The second kappa shape index (κ2) is 49.7. The zero-order valence-corrected chi connectivity index (χ0v) is 93.2. The Morgan fingerprint density at radius 3 is 0.972 bits per heavy atom. The summed E-state index contributed by atoms with van der Waals surface area (Å²) in [6.07, 6.45) is 21.0. The van der Waals surface area contributed by atoms with Crippen molar-refractivity contribution in [3.05, 3.63) is 282 Å². The average molecular weight is 2450 g/mol. The van der Waals surface area contributed by atoms with Crippen LogP contribution in [0.2, 0.25) is 73.6 Å². The smallest absolute Gasteiger partial charge is 0.373 e. The molecular weight excluding hydrogens is 2380 g/mol. The van der Waals surface area contributed by atoms with E-state index < -0.39 is 54.2 Å². The molecule has 0 aliphatic heterocycles. The van der Waals surface area contributed by atoms with E-state index in [9.17, 15) is 28.8 Å². The summed E-state index contributed by atoms with van der Waals surface area (Å²) in [5.74, 6) is -5.27. The van der Waals surface area contributed by atoms with Gasteiger partial charge in [-0.25, -0.2) is 38.7 Å². The van der Waals surface area contributed by atoms with Crippen molar-refractivity contribution < 1.29 is 76.4 Å². The first-order valence-electron chi connectivity index (χ1n) is 42.9. The molecule has 0 saturated heterocycles. The molecule has 0 saturated carbocycles. The number of aromatic nitrogens is 7. The third kappa shape index (κ3) is 23.8. The van der Waals surface area contributed by atoms with Crippen LogP contribution in [0.4, 0.5) is 0 Å². The van der Waals surface area contributed by atoms with Crippen LogP contribution in [-0.2, 0) is 35.1 Å². The number of halogens is 14. The molecule has 0 aliphatic rings. The monoisotopic (exact) mass is 2450 g/mol. The second-order valence-electron chi connectivity index (χ2n) is 31.5. The van der Waals surface area contributed by atoms with Crippen LogP contribution < -0.4 is 27.7 Å². The van der Waals surface area contributed by atoms with Crippen LogP contribution in [0.25, 0.3) is 108 Å². The number of carbonyl (C=O) groups excluding carboxylic acids is 10. The molecule has 18 aromatic rings. The van der Waals surface area contributed by atoms with Gasteiger partial charge in [-0.1, -0.05) is 201 Å². The number of benzene rings is 11. The number of ether oxygens (including phenoxy) is 6. The number of fused-ring (bicyclic) bond motifs is 4. The number of thiazole rings is 3. The molecule has 7 heterocycles. The van der Waals surface area contributed by atoms with Crippen molar-refractivity contribution >= 4 is 361 Å². The van der Waals surface area contributed by atoms with Crippen LogP contribution in [-0.4, -0.2) is 122 Å². The van der Waals surface area contributed by atoms with Gasteiger partial charge in [-0.05, 0) is 116 Å². The normalized spacial score (nSPS) is 11.1. The average Bonchev–Trinajstić information content (AvgIpc) is 0.919. The van der Waals surface area contributed by atoms with E-state index in [1.54, 1.807) is 77.0 Å². The predicted molar refractivity (Wildman–Crippen MR) is 578 cm³/mol. The summed E-state index contributed by atoms with van der Waals surface area (Å²) in [4.78, 5) is 150. The van der Waals surface area contributed by atoms with Gasteiger partial charge in [-0.15, -0.1) is 22.7 Å². The van der Waals surface area contributed by atoms with Crippen molar-refractivity contribution in [3.63, 3.8) is 0 Å². The van der Waals surface area contributed by atoms with E-state index in [0.29, 0.717) is 117 Å². The Balaban J connectivity index is 0.000000183. The summed E-state index contributed by atoms with van der Waals surface area (Å²) in [5.41, 5.74) is 10.6. The molecule has 24 nitrogen and oxygen atoms in total. The Kier molecular flexibility index (Phi) is 38.4. The number of carbonyl (C=O) groups is 6. The molecule has 0 atom stereocenters. The van der Waals surface area contributed by atoms with Gasteiger partial charge in [0.25, 0.3) is 0 Å². The predicted octanol–water partition coefficient (Wildman–Crippen LogP) is 31.0. The maximum Gasteiger partial charge on any atom is 0.373 e. The Bertz CT molecular complexity index is 7910. The Labute approximate surface area is 908 Å². The molecule has 143 heavy (non-hydrogen) atoms. The Hall–Kier alpha value is -9.71. The molecule has 0 aliphatic carbocycles. The van der Waals surface area contributed by atoms with Crippen LogP contribution in [0, 0.1) is 13.8 Å². The molecule has 0 unspecified atom stereocenters. The topological polar surface area (TPSA) is 342 Å². The summed E-state index contributed by atoms with van der Waals surface area (Å²) < 4.78 is 40.6. The molecule has 2 N–H and O–H groups in total. The molecule has 0 fully saturated rings. The van der Waals surface area contributed by atoms with Gasteiger partial charge in [0.15, 0.2) is 23.0 Å². The molecule has 0 radical (unpaired) electrons. The number of unbranched alkanes of at least 4 members (excludes halogenated alkanes) is 3. The van der Waals surface area contributed by atoms with Crippen molar-refractivity contribution in [2.45, 2.75) is 92.9 Å². The number of methoxy groups -OCH3 is 2. The maximum atomic E-state index is 14.5. The number of esters is 6. The number of nitrogens with zero attached hydrogens (tertiary/aromatic N) is 7. The number of nitrogens with two attached hydrogens (primary N) is 1. The molecule has 0 spiro atoms. The second-order valence-corrected chi connectivity index (χ2v) is 54.9. The number of hydrogen-bond acceptors (Lipinski definition) is 27. The summed E-state index contributed by atoms with van der Waals surface area (Å²) in [6, 6.07) is 27.7. The van der Waals surface area contributed by atoms with E-state index in [1.165, 1.54) is 148 Å².